The van der Waals surface area contributed by atoms with E-state index in [0.717, 1.165) is 17.9 Å². The number of carbonyl (C=O) groups is 1. The van der Waals surface area contributed by atoms with Crippen molar-refractivity contribution >= 4 is 5.91 Å². The molecule has 0 aliphatic rings. The van der Waals surface area contributed by atoms with Gasteiger partial charge in [-0.25, -0.2) is 0 Å². The van der Waals surface area contributed by atoms with Crippen LogP contribution >= 0.6 is 0 Å². The first-order valence-corrected chi connectivity index (χ1v) is 6.48. The molecule has 102 valence electrons. The highest BCUT2D eigenvalue weighted by Crippen LogP contribution is 2.12. The van der Waals surface area contributed by atoms with Crippen LogP contribution in [0.3, 0.4) is 0 Å². The number of carbonyl (C=O) groups excluding carboxylic acids is 1. The van der Waals surface area contributed by atoms with Gasteiger partial charge in [0.25, 0.3) is 0 Å². The zero-order valence-electron chi connectivity index (χ0n) is 12.0. The standard InChI is InChI=1S/C13H24N4O/c1-6-14-13(18)8-17-11(5)12(10(4)16-17)7-15-9(2)3/h9,15H,6-8H2,1-5H3,(H,14,18). The summed E-state index contributed by atoms with van der Waals surface area (Å²) in [6, 6.07) is 0.440. The van der Waals surface area contributed by atoms with Gasteiger partial charge in [0.05, 0.1) is 5.69 Å². The quantitative estimate of drug-likeness (QED) is 0.798. The number of amides is 1. The first-order chi connectivity index (χ1) is 8.45. The summed E-state index contributed by atoms with van der Waals surface area (Å²) in [5.41, 5.74) is 3.24. The number of hydrogen-bond donors (Lipinski definition) is 2. The molecule has 1 rings (SSSR count). The third kappa shape index (κ3) is 3.84. The maximum Gasteiger partial charge on any atom is 0.241 e. The molecule has 0 saturated heterocycles. The third-order valence-corrected chi connectivity index (χ3v) is 2.89. The van der Waals surface area contributed by atoms with Crippen LogP contribution in [0.4, 0.5) is 0 Å². The maximum absolute atomic E-state index is 11.6. The summed E-state index contributed by atoms with van der Waals surface area (Å²) >= 11 is 0. The highest BCUT2D eigenvalue weighted by Gasteiger charge is 2.13. The van der Waals surface area contributed by atoms with Crippen molar-refractivity contribution in [3.63, 3.8) is 0 Å². The highest BCUT2D eigenvalue weighted by atomic mass is 16.2. The van der Waals surface area contributed by atoms with Crippen molar-refractivity contribution < 1.29 is 4.79 Å². The van der Waals surface area contributed by atoms with Crippen LogP contribution in [0.25, 0.3) is 0 Å². The molecule has 0 fully saturated rings. The topological polar surface area (TPSA) is 59.0 Å². The summed E-state index contributed by atoms with van der Waals surface area (Å²) in [6.45, 7) is 11.9. The van der Waals surface area contributed by atoms with Crippen LogP contribution in [0.15, 0.2) is 0 Å². The Balaban J connectivity index is 2.77. The SMILES string of the molecule is CCNC(=O)Cn1nc(C)c(CNC(C)C)c1C. The molecule has 18 heavy (non-hydrogen) atoms. The maximum atomic E-state index is 11.6. The molecule has 2 N–H and O–H groups in total. The van der Waals surface area contributed by atoms with Crippen LogP contribution < -0.4 is 10.6 Å². The van der Waals surface area contributed by atoms with Crippen molar-refractivity contribution in [3.8, 4) is 0 Å². The molecule has 0 saturated carbocycles. The summed E-state index contributed by atoms with van der Waals surface area (Å²) < 4.78 is 1.78. The molecule has 1 heterocycles. The Labute approximate surface area is 109 Å². The summed E-state index contributed by atoms with van der Waals surface area (Å²) in [4.78, 5) is 11.6. The number of nitrogens with zero attached hydrogens (tertiary/aromatic N) is 2. The Bertz CT molecular complexity index is 409. The van der Waals surface area contributed by atoms with E-state index in [-0.39, 0.29) is 5.91 Å². The molecule has 5 heteroatoms. The molecule has 0 aliphatic heterocycles. The van der Waals surface area contributed by atoms with Crippen LogP contribution in [0.5, 0.6) is 0 Å². The number of rotatable bonds is 6. The summed E-state index contributed by atoms with van der Waals surface area (Å²) in [5, 5.41) is 10.6. The van der Waals surface area contributed by atoms with Gasteiger partial charge < -0.3 is 10.6 Å². The first-order valence-electron chi connectivity index (χ1n) is 6.48. The lowest BCUT2D eigenvalue weighted by Crippen LogP contribution is -2.28. The lowest BCUT2D eigenvalue weighted by atomic mass is 10.2. The van der Waals surface area contributed by atoms with Crippen LogP contribution in [0, 0.1) is 13.8 Å². The molecule has 5 nitrogen and oxygen atoms in total. The van der Waals surface area contributed by atoms with Gasteiger partial charge in [-0.3, -0.25) is 9.48 Å². The van der Waals surface area contributed by atoms with Crippen LogP contribution in [-0.4, -0.2) is 28.3 Å². The fraction of sp³-hybridized carbons (Fsp3) is 0.692. The van der Waals surface area contributed by atoms with E-state index in [0.29, 0.717) is 19.1 Å². The second-order valence-corrected chi connectivity index (χ2v) is 4.80. The van der Waals surface area contributed by atoms with Crippen LogP contribution in [-0.2, 0) is 17.9 Å². The number of aromatic nitrogens is 2. The van der Waals surface area contributed by atoms with Crippen molar-refractivity contribution in [1.29, 1.82) is 0 Å². The molecule has 0 bridgehead atoms. The number of hydrogen-bond acceptors (Lipinski definition) is 3. The van der Waals surface area contributed by atoms with Gasteiger partial charge in [0, 0.05) is 30.4 Å². The molecule has 0 unspecified atom stereocenters. The molecule has 1 aromatic heterocycles. The van der Waals surface area contributed by atoms with Gasteiger partial charge in [-0.2, -0.15) is 5.10 Å². The van der Waals surface area contributed by atoms with E-state index in [2.05, 4.69) is 29.6 Å². The Morgan fingerprint density at radius 2 is 2.06 bits per heavy atom. The summed E-state index contributed by atoms with van der Waals surface area (Å²) in [5.74, 6) is 0.00599. The Morgan fingerprint density at radius 1 is 1.39 bits per heavy atom. The minimum Gasteiger partial charge on any atom is -0.355 e. The minimum atomic E-state index is 0.00599. The lowest BCUT2D eigenvalue weighted by Gasteiger charge is -2.09. The zero-order chi connectivity index (χ0) is 13.7. The summed E-state index contributed by atoms with van der Waals surface area (Å²) in [6.07, 6.45) is 0. The van der Waals surface area contributed by atoms with E-state index < -0.39 is 0 Å². The second kappa shape index (κ2) is 6.54. The lowest BCUT2D eigenvalue weighted by molar-refractivity contribution is -0.121. The number of aryl methyl sites for hydroxylation is 1. The minimum absolute atomic E-state index is 0.00599. The van der Waals surface area contributed by atoms with Crippen molar-refractivity contribution in [2.45, 2.75) is 53.8 Å². The van der Waals surface area contributed by atoms with E-state index in [9.17, 15) is 4.79 Å². The smallest absolute Gasteiger partial charge is 0.241 e. The number of nitrogens with one attached hydrogen (secondary N) is 2. The first kappa shape index (κ1) is 14.7. The average molecular weight is 252 g/mol. The van der Waals surface area contributed by atoms with Gasteiger partial charge in [0.15, 0.2) is 0 Å². The second-order valence-electron chi connectivity index (χ2n) is 4.80. The highest BCUT2D eigenvalue weighted by molar-refractivity contribution is 5.75. The Hall–Kier alpha value is -1.36. The van der Waals surface area contributed by atoms with Crippen molar-refractivity contribution in [3.05, 3.63) is 17.0 Å². The van der Waals surface area contributed by atoms with E-state index in [1.807, 2.05) is 20.8 Å². The molecule has 0 aromatic carbocycles. The van der Waals surface area contributed by atoms with Crippen LogP contribution in [0.1, 0.15) is 37.7 Å². The average Bonchev–Trinajstić information content (AvgIpc) is 2.52. The molecule has 1 amide bonds. The Morgan fingerprint density at radius 3 is 2.61 bits per heavy atom. The van der Waals surface area contributed by atoms with Gasteiger partial charge >= 0.3 is 0 Å². The van der Waals surface area contributed by atoms with Gasteiger partial charge in [0.1, 0.15) is 6.54 Å². The predicted octanol–water partition coefficient (Wildman–Crippen LogP) is 1.13. The van der Waals surface area contributed by atoms with Crippen LogP contribution in [0.2, 0.25) is 0 Å². The normalized spacial score (nSPS) is 11.0. The molecule has 0 spiro atoms. The van der Waals surface area contributed by atoms with Gasteiger partial charge in [-0.05, 0) is 20.8 Å². The van der Waals surface area contributed by atoms with Gasteiger partial charge in [0.2, 0.25) is 5.91 Å². The van der Waals surface area contributed by atoms with E-state index in [4.69, 9.17) is 0 Å². The third-order valence-electron chi connectivity index (χ3n) is 2.89. The largest absolute Gasteiger partial charge is 0.355 e. The molecule has 1 aromatic rings. The predicted molar refractivity (Wildman–Crippen MR) is 72.4 cm³/mol. The van der Waals surface area contributed by atoms with E-state index in [1.165, 1.54) is 5.56 Å². The molecule has 0 radical (unpaired) electrons. The molecule has 0 atom stereocenters. The summed E-state index contributed by atoms with van der Waals surface area (Å²) in [7, 11) is 0. The monoisotopic (exact) mass is 252 g/mol. The fourth-order valence-corrected chi connectivity index (χ4v) is 1.84. The van der Waals surface area contributed by atoms with E-state index in [1.54, 1.807) is 4.68 Å². The molecule has 0 aliphatic carbocycles. The van der Waals surface area contributed by atoms with Crippen molar-refractivity contribution in [2.24, 2.45) is 0 Å². The molecular formula is C13H24N4O. The van der Waals surface area contributed by atoms with Crippen molar-refractivity contribution in [2.75, 3.05) is 6.54 Å². The van der Waals surface area contributed by atoms with E-state index >= 15 is 0 Å². The molecular weight excluding hydrogens is 228 g/mol. The van der Waals surface area contributed by atoms with Gasteiger partial charge in [-0.1, -0.05) is 13.8 Å². The van der Waals surface area contributed by atoms with Crippen molar-refractivity contribution in [1.82, 2.24) is 20.4 Å². The number of likely N-dealkylation sites (N-methyl/N-ethyl adjacent to an activating group) is 1. The fourth-order valence-electron chi connectivity index (χ4n) is 1.84. The van der Waals surface area contributed by atoms with Gasteiger partial charge in [-0.15, -0.1) is 0 Å². The Kier molecular flexibility index (Phi) is 5.34. The zero-order valence-corrected chi connectivity index (χ0v) is 12.0.